The van der Waals surface area contributed by atoms with Gasteiger partial charge in [-0.05, 0) is 24.3 Å². The number of ether oxygens (including phenoxy) is 1. The van der Waals surface area contributed by atoms with Crippen LogP contribution in [0.5, 0.6) is 0 Å². The molecular weight excluding hydrogens is 174 g/mol. The Morgan fingerprint density at radius 2 is 2.29 bits per heavy atom. The van der Waals surface area contributed by atoms with Crippen LogP contribution >= 0.6 is 0 Å². The Bertz CT molecular complexity index is 187. The normalized spacial score (nSPS) is 19.6. The molecule has 0 aromatic rings. The van der Waals surface area contributed by atoms with E-state index in [0.717, 1.165) is 26.2 Å². The van der Waals surface area contributed by atoms with Gasteiger partial charge in [-0.2, -0.15) is 0 Å². The maximum Gasteiger partial charge on any atom is 0.0689 e. The molecule has 1 unspecified atom stereocenters. The Morgan fingerprint density at radius 3 is 2.79 bits per heavy atom. The van der Waals surface area contributed by atoms with E-state index in [2.05, 4.69) is 32.2 Å². The molecule has 0 aliphatic carbocycles. The first-order chi connectivity index (χ1) is 6.74. The first kappa shape index (κ1) is 11.7. The summed E-state index contributed by atoms with van der Waals surface area (Å²) in [5.41, 5.74) is 1.41. The standard InChI is InChI=1S/C12H23NO/c1-4-12(10(2)3)13-8-11-6-5-7-14-9-11/h6,10,12-13H,4-5,7-9H2,1-3H3. The molecule has 1 heterocycles. The van der Waals surface area contributed by atoms with Gasteiger partial charge in [-0.1, -0.05) is 26.8 Å². The van der Waals surface area contributed by atoms with Crippen LogP contribution in [0.4, 0.5) is 0 Å². The highest BCUT2D eigenvalue weighted by atomic mass is 16.5. The van der Waals surface area contributed by atoms with E-state index in [-0.39, 0.29) is 0 Å². The van der Waals surface area contributed by atoms with E-state index in [1.54, 1.807) is 0 Å². The first-order valence-electron chi connectivity index (χ1n) is 5.73. The molecule has 82 valence electrons. The van der Waals surface area contributed by atoms with Gasteiger partial charge in [-0.25, -0.2) is 0 Å². The van der Waals surface area contributed by atoms with Crippen LogP contribution in [0.2, 0.25) is 0 Å². The Hall–Kier alpha value is -0.340. The summed E-state index contributed by atoms with van der Waals surface area (Å²) in [4.78, 5) is 0. The summed E-state index contributed by atoms with van der Waals surface area (Å²) < 4.78 is 5.40. The lowest BCUT2D eigenvalue weighted by Crippen LogP contribution is -2.35. The molecule has 1 aliphatic rings. The molecule has 2 nitrogen and oxygen atoms in total. The smallest absolute Gasteiger partial charge is 0.0689 e. The van der Waals surface area contributed by atoms with E-state index < -0.39 is 0 Å². The molecule has 1 rings (SSSR count). The number of hydrogen-bond acceptors (Lipinski definition) is 2. The fraction of sp³-hybridized carbons (Fsp3) is 0.833. The van der Waals surface area contributed by atoms with E-state index >= 15 is 0 Å². The molecule has 1 aliphatic heterocycles. The lowest BCUT2D eigenvalue weighted by atomic mass is 10.0. The van der Waals surface area contributed by atoms with Gasteiger partial charge >= 0.3 is 0 Å². The zero-order valence-corrected chi connectivity index (χ0v) is 9.68. The minimum Gasteiger partial charge on any atom is -0.377 e. The van der Waals surface area contributed by atoms with Crippen LogP contribution in [-0.2, 0) is 4.74 Å². The second-order valence-electron chi connectivity index (χ2n) is 4.34. The van der Waals surface area contributed by atoms with E-state index in [4.69, 9.17) is 4.74 Å². The summed E-state index contributed by atoms with van der Waals surface area (Å²) in [5, 5.41) is 3.59. The molecular formula is C12H23NO. The molecule has 0 aromatic heterocycles. The van der Waals surface area contributed by atoms with Gasteiger partial charge in [0.15, 0.2) is 0 Å². The van der Waals surface area contributed by atoms with Crippen LogP contribution in [-0.4, -0.2) is 25.8 Å². The van der Waals surface area contributed by atoms with Gasteiger partial charge in [0.25, 0.3) is 0 Å². The Morgan fingerprint density at radius 1 is 1.50 bits per heavy atom. The molecule has 2 heteroatoms. The van der Waals surface area contributed by atoms with Crippen molar-refractivity contribution in [2.45, 2.75) is 39.7 Å². The van der Waals surface area contributed by atoms with Crippen molar-refractivity contribution < 1.29 is 4.74 Å². The fourth-order valence-corrected chi connectivity index (χ4v) is 1.85. The van der Waals surface area contributed by atoms with Gasteiger partial charge in [0.2, 0.25) is 0 Å². The quantitative estimate of drug-likeness (QED) is 0.683. The highest BCUT2D eigenvalue weighted by molar-refractivity contribution is 5.07. The third-order valence-electron chi connectivity index (χ3n) is 2.82. The van der Waals surface area contributed by atoms with Crippen LogP contribution in [0.15, 0.2) is 11.6 Å². The monoisotopic (exact) mass is 197 g/mol. The van der Waals surface area contributed by atoms with E-state index in [9.17, 15) is 0 Å². The van der Waals surface area contributed by atoms with E-state index in [1.165, 1.54) is 12.0 Å². The molecule has 1 atom stereocenters. The summed E-state index contributed by atoms with van der Waals surface area (Å²) in [6.45, 7) is 9.49. The Kier molecular flexibility index (Phi) is 5.20. The number of nitrogens with one attached hydrogen (secondary N) is 1. The SMILES string of the molecule is CCC(NCC1=CCCOC1)C(C)C. The van der Waals surface area contributed by atoms with E-state index in [0.29, 0.717) is 12.0 Å². The van der Waals surface area contributed by atoms with Crippen molar-refractivity contribution in [1.82, 2.24) is 5.32 Å². The minimum atomic E-state index is 0.637. The lowest BCUT2D eigenvalue weighted by Gasteiger charge is -2.22. The Balaban J connectivity index is 2.27. The maximum absolute atomic E-state index is 5.40. The van der Waals surface area contributed by atoms with Crippen LogP contribution in [0.1, 0.15) is 33.6 Å². The van der Waals surface area contributed by atoms with Crippen molar-refractivity contribution in [2.24, 2.45) is 5.92 Å². The van der Waals surface area contributed by atoms with E-state index in [1.807, 2.05) is 0 Å². The van der Waals surface area contributed by atoms with Gasteiger partial charge < -0.3 is 10.1 Å². The fourth-order valence-electron chi connectivity index (χ4n) is 1.85. The zero-order chi connectivity index (χ0) is 10.4. The van der Waals surface area contributed by atoms with Gasteiger partial charge in [-0.3, -0.25) is 0 Å². The molecule has 14 heavy (non-hydrogen) atoms. The van der Waals surface area contributed by atoms with Crippen molar-refractivity contribution in [3.05, 3.63) is 11.6 Å². The van der Waals surface area contributed by atoms with Crippen LogP contribution in [0.25, 0.3) is 0 Å². The molecule has 0 bridgehead atoms. The number of rotatable bonds is 5. The van der Waals surface area contributed by atoms with Crippen molar-refractivity contribution in [1.29, 1.82) is 0 Å². The van der Waals surface area contributed by atoms with Crippen molar-refractivity contribution in [3.8, 4) is 0 Å². The van der Waals surface area contributed by atoms with Gasteiger partial charge in [0.05, 0.1) is 13.2 Å². The third kappa shape index (κ3) is 3.81. The average Bonchev–Trinajstić information content (AvgIpc) is 2.20. The molecule has 0 radical (unpaired) electrons. The summed E-state index contributed by atoms with van der Waals surface area (Å²) in [7, 11) is 0. The van der Waals surface area contributed by atoms with Crippen LogP contribution < -0.4 is 5.32 Å². The largest absolute Gasteiger partial charge is 0.377 e. The summed E-state index contributed by atoms with van der Waals surface area (Å²) in [6.07, 6.45) is 4.59. The lowest BCUT2D eigenvalue weighted by molar-refractivity contribution is 0.148. The molecule has 0 amide bonds. The molecule has 0 spiro atoms. The predicted molar refractivity (Wildman–Crippen MR) is 60.4 cm³/mol. The molecule has 1 N–H and O–H groups in total. The van der Waals surface area contributed by atoms with Crippen molar-refractivity contribution >= 4 is 0 Å². The van der Waals surface area contributed by atoms with Crippen molar-refractivity contribution in [2.75, 3.05) is 19.8 Å². The maximum atomic E-state index is 5.40. The van der Waals surface area contributed by atoms with Crippen LogP contribution in [0.3, 0.4) is 0 Å². The first-order valence-corrected chi connectivity index (χ1v) is 5.73. The van der Waals surface area contributed by atoms with Crippen molar-refractivity contribution in [3.63, 3.8) is 0 Å². The topological polar surface area (TPSA) is 21.3 Å². The molecule has 0 aromatic carbocycles. The second-order valence-corrected chi connectivity index (χ2v) is 4.34. The zero-order valence-electron chi connectivity index (χ0n) is 9.68. The van der Waals surface area contributed by atoms with Gasteiger partial charge in [-0.15, -0.1) is 0 Å². The number of hydrogen-bond donors (Lipinski definition) is 1. The molecule has 0 saturated heterocycles. The highest BCUT2D eigenvalue weighted by Gasteiger charge is 2.11. The highest BCUT2D eigenvalue weighted by Crippen LogP contribution is 2.08. The minimum absolute atomic E-state index is 0.637. The summed E-state index contributed by atoms with van der Waals surface area (Å²) >= 11 is 0. The van der Waals surface area contributed by atoms with Gasteiger partial charge in [0, 0.05) is 12.6 Å². The third-order valence-corrected chi connectivity index (χ3v) is 2.82. The van der Waals surface area contributed by atoms with Crippen LogP contribution in [0, 0.1) is 5.92 Å². The Labute approximate surface area is 87.7 Å². The average molecular weight is 197 g/mol. The second kappa shape index (κ2) is 6.20. The summed E-state index contributed by atoms with van der Waals surface area (Å²) in [6, 6.07) is 0.637. The molecule has 0 saturated carbocycles. The van der Waals surface area contributed by atoms with Gasteiger partial charge in [0.1, 0.15) is 0 Å². The summed E-state index contributed by atoms with van der Waals surface area (Å²) in [5.74, 6) is 0.713. The molecule has 0 fully saturated rings. The predicted octanol–water partition coefficient (Wildman–Crippen LogP) is 2.36.